The molecule has 2 saturated heterocycles. The number of rotatable bonds is 5. The summed E-state index contributed by atoms with van der Waals surface area (Å²) < 4.78 is 5.25. The van der Waals surface area contributed by atoms with Crippen molar-refractivity contribution in [3.63, 3.8) is 0 Å². The van der Waals surface area contributed by atoms with E-state index in [1.807, 2.05) is 0 Å². The zero-order valence-corrected chi connectivity index (χ0v) is 14.5. The molecule has 3 heterocycles. The smallest absolute Gasteiger partial charge is 0.277 e. The average Bonchev–Trinajstić information content (AvgIpc) is 3.17. The van der Waals surface area contributed by atoms with Crippen LogP contribution in [-0.2, 0) is 9.59 Å². The van der Waals surface area contributed by atoms with Gasteiger partial charge >= 0.3 is 0 Å². The predicted octanol–water partition coefficient (Wildman–Crippen LogP) is 0.304. The lowest BCUT2D eigenvalue weighted by Crippen LogP contribution is -2.51. The van der Waals surface area contributed by atoms with Crippen LogP contribution in [0.1, 0.15) is 25.2 Å². The number of nitrogens with zero attached hydrogens (tertiary/aromatic N) is 4. The SMILES string of the molecule is Cc1nnc(SCC(=O)N2CCC3(CCCN(CCO)C3=O)C2)o1. The van der Waals surface area contributed by atoms with Gasteiger partial charge in [-0.2, -0.15) is 0 Å². The van der Waals surface area contributed by atoms with Crippen LogP contribution in [-0.4, -0.2) is 75.5 Å². The molecule has 3 rings (SSSR count). The van der Waals surface area contributed by atoms with Gasteiger partial charge in [0.05, 0.1) is 17.8 Å². The van der Waals surface area contributed by atoms with Gasteiger partial charge in [-0.15, -0.1) is 10.2 Å². The zero-order chi connectivity index (χ0) is 17.2. The molecule has 2 fully saturated rings. The van der Waals surface area contributed by atoms with E-state index in [-0.39, 0.29) is 24.2 Å². The summed E-state index contributed by atoms with van der Waals surface area (Å²) in [6.07, 6.45) is 2.43. The summed E-state index contributed by atoms with van der Waals surface area (Å²) in [5.41, 5.74) is -0.463. The molecular formula is C15H22N4O4S. The van der Waals surface area contributed by atoms with Crippen molar-refractivity contribution in [3.8, 4) is 0 Å². The number of likely N-dealkylation sites (tertiary alicyclic amines) is 2. The molecule has 1 aromatic heterocycles. The summed E-state index contributed by atoms with van der Waals surface area (Å²) in [4.78, 5) is 28.6. The third kappa shape index (κ3) is 3.41. The predicted molar refractivity (Wildman–Crippen MR) is 86.3 cm³/mol. The number of β-amino-alcohol motifs (C(OH)–C–C–N with tert-alkyl or cyclic N) is 1. The highest BCUT2D eigenvalue weighted by Gasteiger charge is 2.49. The Labute approximate surface area is 144 Å². The van der Waals surface area contributed by atoms with Crippen molar-refractivity contribution >= 4 is 23.6 Å². The second-order valence-electron chi connectivity index (χ2n) is 6.34. The highest BCUT2D eigenvalue weighted by Crippen LogP contribution is 2.40. The standard InChI is InChI=1S/C15H22N4O4S/c1-11-16-17-14(23-11)24-9-12(21)19-6-4-15(10-19)3-2-5-18(7-8-20)13(15)22/h20H,2-10H2,1H3. The molecule has 132 valence electrons. The third-order valence-corrected chi connectivity index (χ3v) is 5.53. The fourth-order valence-corrected chi connectivity index (χ4v) is 4.21. The molecule has 1 unspecified atom stereocenters. The van der Waals surface area contributed by atoms with Gasteiger partial charge in [0.15, 0.2) is 0 Å². The van der Waals surface area contributed by atoms with Crippen LogP contribution in [0.15, 0.2) is 9.64 Å². The van der Waals surface area contributed by atoms with Crippen LogP contribution >= 0.6 is 11.8 Å². The van der Waals surface area contributed by atoms with Gasteiger partial charge in [0, 0.05) is 33.1 Å². The molecule has 8 nitrogen and oxygen atoms in total. The van der Waals surface area contributed by atoms with Crippen molar-refractivity contribution in [2.75, 3.05) is 38.5 Å². The van der Waals surface area contributed by atoms with Gasteiger partial charge in [-0.25, -0.2) is 0 Å². The fourth-order valence-electron chi connectivity index (χ4n) is 3.50. The molecule has 0 aliphatic carbocycles. The Morgan fingerprint density at radius 3 is 2.92 bits per heavy atom. The lowest BCUT2D eigenvalue weighted by molar-refractivity contribution is -0.146. The number of aliphatic hydroxyl groups is 1. The highest BCUT2D eigenvalue weighted by atomic mass is 32.2. The largest absolute Gasteiger partial charge is 0.416 e. The Balaban J connectivity index is 1.57. The molecule has 0 aromatic carbocycles. The number of hydrogen-bond donors (Lipinski definition) is 1. The van der Waals surface area contributed by atoms with Crippen LogP contribution < -0.4 is 0 Å². The first-order valence-corrected chi connectivity index (χ1v) is 9.13. The van der Waals surface area contributed by atoms with Crippen LogP contribution in [0, 0.1) is 12.3 Å². The second kappa shape index (κ2) is 7.10. The maximum absolute atomic E-state index is 12.7. The number of carbonyl (C=O) groups excluding carboxylic acids is 2. The second-order valence-corrected chi connectivity index (χ2v) is 7.27. The number of aromatic nitrogens is 2. The van der Waals surface area contributed by atoms with Gasteiger partial charge < -0.3 is 19.3 Å². The Morgan fingerprint density at radius 2 is 2.21 bits per heavy atom. The van der Waals surface area contributed by atoms with E-state index in [0.29, 0.717) is 43.7 Å². The number of aliphatic hydroxyl groups excluding tert-OH is 1. The molecule has 2 aliphatic rings. The first kappa shape index (κ1) is 17.2. The average molecular weight is 354 g/mol. The molecule has 1 N–H and O–H groups in total. The molecule has 1 atom stereocenters. The van der Waals surface area contributed by atoms with E-state index in [4.69, 9.17) is 9.52 Å². The summed E-state index contributed by atoms with van der Waals surface area (Å²) in [6, 6.07) is 0. The first-order valence-electron chi connectivity index (χ1n) is 8.15. The summed E-state index contributed by atoms with van der Waals surface area (Å²) in [7, 11) is 0. The quantitative estimate of drug-likeness (QED) is 0.759. The maximum atomic E-state index is 12.7. The Morgan fingerprint density at radius 1 is 1.38 bits per heavy atom. The maximum Gasteiger partial charge on any atom is 0.277 e. The summed E-state index contributed by atoms with van der Waals surface area (Å²) in [5, 5.41) is 17.1. The van der Waals surface area contributed by atoms with Gasteiger partial charge in [-0.05, 0) is 19.3 Å². The summed E-state index contributed by atoms with van der Waals surface area (Å²) in [5.74, 6) is 0.770. The lowest BCUT2D eigenvalue weighted by Gasteiger charge is -2.39. The molecule has 1 aromatic rings. The minimum absolute atomic E-state index is 0.0141. The molecule has 1 spiro atoms. The van der Waals surface area contributed by atoms with Crippen molar-refractivity contribution in [1.82, 2.24) is 20.0 Å². The van der Waals surface area contributed by atoms with E-state index < -0.39 is 5.41 Å². The van der Waals surface area contributed by atoms with Crippen LogP contribution in [0.2, 0.25) is 0 Å². The van der Waals surface area contributed by atoms with Crippen molar-refractivity contribution in [3.05, 3.63) is 5.89 Å². The molecule has 0 bridgehead atoms. The van der Waals surface area contributed by atoms with E-state index in [1.54, 1.807) is 16.7 Å². The Bertz CT molecular complexity index is 620. The van der Waals surface area contributed by atoms with Crippen molar-refractivity contribution in [2.45, 2.75) is 31.4 Å². The number of carbonyl (C=O) groups is 2. The number of aryl methyl sites for hydroxylation is 1. The van der Waals surface area contributed by atoms with Crippen molar-refractivity contribution < 1.29 is 19.1 Å². The van der Waals surface area contributed by atoms with Gasteiger partial charge in [-0.1, -0.05) is 11.8 Å². The minimum atomic E-state index is -0.463. The van der Waals surface area contributed by atoms with Gasteiger partial charge in [-0.3, -0.25) is 9.59 Å². The summed E-state index contributed by atoms with van der Waals surface area (Å²) in [6.45, 7) is 3.82. The molecule has 24 heavy (non-hydrogen) atoms. The van der Waals surface area contributed by atoms with Crippen LogP contribution in [0.4, 0.5) is 0 Å². The van der Waals surface area contributed by atoms with Crippen molar-refractivity contribution in [1.29, 1.82) is 0 Å². The van der Waals surface area contributed by atoms with E-state index in [2.05, 4.69) is 10.2 Å². The van der Waals surface area contributed by atoms with Crippen LogP contribution in [0.25, 0.3) is 0 Å². The minimum Gasteiger partial charge on any atom is -0.416 e. The van der Waals surface area contributed by atoms with E-state index in [0.717, 1.165) is 12.8 Å². The van der Waals surface area contributed by atoms with E-state index >= 15 is 0 Å². The van der Waals surface area contributed by atoms with Crippen molar-refractivity contribution in [2.24, 2.45) is 5.41 Å². The van der Waals surface area contributed by atoms with E-state index in [9.17, 15) is 9.59 Å². The molecular weight excluding hydrogens is 332 g/mol. The molecule has 0 radical (unpaired) electrons. The normalized spacial score (nSPS) is 24.2. The Kier molecular flexibility index (Phi) is 5.09. The number of thioether (sulfide) groups is 1. The number of piperidine rings is 1. The molecule has 2 aliphatic heterocycles. The molecule has 0 saturated carbocycles. The number of hydrogen-bond acceptors (Lipinski definition) is 7. The molecule has 2 amide bonds. The molecule has 9 heteroatoms. The van der Waals surface area contributed by atoms with Gasteiger partial charge in [0.2, 0.25) is 17.7 Å². The lowest BCUT2D eigenvalue weighted by atomic mass is 9.78. The summed E-state index contributed by atoms with van der Waals surface area (Å²) >= 11 is 1.22. The van der Waals surface area contributed by atoms with Crippen LogP contribution in [0.5, 0.6) is 0 Å². The van der Waals surface area contributed by atoms with Crippen LogP contribution in [0.3, 0.4) is 0 Å². The monoisotopic (exact) mass is 354 g/mol. The highest BCUT2D eigenvalue weighted by molar-refractivity contribution is 7.99. The fraction of sp³-hybridized carbons (Fsp3) is 0.733. The zero-order valence-electron chi connectivity index (χ0n) is 13.7. The topological polar surface area (TPSA) is 99.8 Å². The van der Waals surface area contributed by atoms with Gasteiger partial charge in [0.1, 0.15) is 0 Å². The van der Waals surface area contributed by atoms with Gasteiger partial charge in [0.25, 0.3) is 5.22 Å². The number of amides is 2. The third-order valence-electron chi connectivity index (χ3n) is 4.73. The Hall–Kier alpha value is -1.61. The first-order chi connectivity index (χ1) is 11.5. The van der Waals surface area contributed by atoms with E-state index in [1.165, 1.54) is 11.8 Å².